The second-order valence-electron chi connectivity index (χ2n) is 4.91. The zero-order valence-electron chi connectivity index (χ0n) is 12.4. The Labute approximate surface area is 127 Å². The molecule has 0 fully saturated rings. The highest BCUT2D eigenvalue weighted by Crippen LogP contribution is 2.15. The first-order valence-corrected chi connectivity index (χ1v) is 6.69. The lowest BCUT2D eigenvalue weighted by atomic mass is 10.2. The van der Waals surface area contributed by atoms with E-state index in [9.17, 15) is 14.4 Å². The van der Waals surface area contributed by atoms with Crippen molar-refractivity contribution in [3.63, 3.8) is 0 Å². The van der Waals surface area contributed by atoms with Crippen LogP contribution in [0.5, 0.6) is 0 Å². The van der Waals surface area contributed by atoms with E-state index in [1.165, 1.54) is 4.90 Å². The lowest BCUT2D eigenvalue weighted by molar-refractivity contribution is -0.131. The standard InChI is InChI=1S/C15H17N3O4/c1-18(2)14(20)8-16-13(19)9-22-15(21)12-7-10-5-3-4-6-11(10)17-12/h3-7,17H,8-9H2,1-2H3,(H,16,19). The Hall–Kier alpha value is -2.83. The summed E-state index contributed by atoms with van der Waals surface area (Å²) >= 11 is 0. The van der Waals surface area contributed by atoms with Crippen molar-refractivity contribution in [2.24, 2.45) is 0 Å². The van der Waals surface area contributed by atoms with Crippen molar-refractivity contribution in [1.29, 1.82) is 0 Å². The monoisotopic (exact) mass is 303 g/mol. The molecule has 1 aromatic heterocycles. The van der Waals surface area contributed by atoms with Crippen LogP contribution in [0.1, 0.15) is 10.5 Å². The first-order chi connectivity index (χ1) is 10.5. The number of hydrogen-bond donors (Lipinski definition) is 2. The van der Waals surface area contributed by atoms with Crippen LogP contribution in [-0.4, -0.2) is 54.9 Å². The summed E-state index contributed by atoms with van der Waals surface area (Å²) in [6, 6.07) is 9.07. The van der Waals surface area contributed by atoms with Crippen molar-refractivity contribution in [3.05, 3.63) is 36.0 Å². The third-order valence-corrected chi connectivity index (χ3v) is 3.02. The van der Waals surface area contributed by atoms with E-state index in [4.69, 9.17) is 4.74 Å². The topological polar surface area (TPSA) is 91.5 Å². The van der Waals surface area contributed by atoms with Gasteiger partial charge in [-0.15, -0.1) is 0 Å². The van der Waals surface area contributed by atoms with Gasteiger partial charge in [-0.1, -0.05) is 18.2 Å². The zero-order valence-corrected chi connectivity index (χ0v) is 12.4. The highest BCUT2D eigenvalue weighted by Gasteiger charge is 2.13. The molecule has 7 nitrogen and oxygen atoms in total. The highest BCUT2D eigenvalue weighted by molar-refractivity contribution is 5.95. The van der Waals surface area contributed by atoms with E-state index in [0.29, 0.717) is 0 Å². The summed E-state index contributed by atoms with van der Waals surface area (Å²) in [6.07, 6.45) is 0. The number of ether oxygens (including phenoxy) is 1. The van der Waals surface area contributed by atoms with E-state index < -0.39 is 18.5 Å². The van der Waals surface area contributed by atoms with E-state index in [1.54, 1.807) is 20.2 Å². The number of H-pyrrole nitrogens is 1. The van der Waals surface area contributed by atoms with Gasteiger partial charge in [0.25, 0.3) is 5.91 Å². The number of carbonyl (C=O) groups is 3. The molecule has 116 valence electrons. The Bertz CT molecular complexity index is 673. The van der Waals surface area contributed by atoms with Crippen LogP contribution in [0, 0.1) is 0 Å². The number of nitrogens with zero attached hydrogens (tertiary/aromatic N) is 1. The van der Waals surface area contributed by atoms with Crippen molar-refractivity contribution in [1.82, 2.24) is 15.2 Å². The predicted octanol–water partition coefficient (Wildman–Crippen LogP) is 0.529. The average molecular weight is 303 g/mol. The summed E-state index contributed by atoms with van der Waals surface area (Å²) in [4.78, 5) is 38.9. The number of aromatic nitrogens is 1. The molecule has 0 aliphatic heterocycles. The second kappa shape index (κ2) is 6.75. The summed E-state index contributed by atoms with van der Waals surface area (Å²) in [5.74, 6) is -1.39. The Morgan fingerprint density at radius 2 is 1.95 bits per heavy atom. The molecule has 0 saturated heterocycles. The van der Waals surface area contributed by atoms with E-state index in [-0.39, 0.29) is 18.1 Å². The minimum absolute atomic E-state index is 0.129. The molecule has 2 aromatic rings. The number of nitrogens with one attached hydrogen (secondary N) is 2. The van der Waals surface area contributed by atoms with E-state index >= 15 is 0 Å². The molecule has 0 aliphatic carbocycles. The molecule has 0 unspecified atom stereocenters. The van der Waals surface area contributed by atoms with Crippen LogP contribution in [0.15, 0.2) is 30.3 Å². The van der Waals surface area contributed by atoms with Crippen LogP contribution in [0.4, 0.5) is 0 Å². The third-order valence-electron chi connectivity index (χ3n) is 3.02. The van der Waals surface area contributed by atoms with Crippen LogP contribution in [-0.2, 0) is 14.3 Å². The van der Waals surface area contributed by atoms with E-state index in [2.05, 4.69) is 10.3 Å². The maximum atomic E-state index is 11.9. The van der Waals surface area contributed by atoms with Gasteiger partial charge in [0.15, 0.2) is 6.61 Å². The summed E-state index contributed by atoms with van der Waals surface area (Å²) in [5.41, 5.74) is 1.09. The van der Waals surface area contributed by atoms with Crippen molar-refractivity contribution in [2.75, 3.05) is 27.2 Å². The quantitative estimate of drug-likeness (QED) is 0.788. The summed E-state index contributed by atoms with van der Waals surface area (Å²) in [7, 11) is 3.18. The van der Waals surface area contributed by atoms with Gasteiger partial charge in [-0.05, 0) is 12.1 Å². The summed E-state index contributed by atoms with van der Waals surface area (Å²) in [6.45, 7) is -0.565. The maximum Gasteiger partial charge on any atom is 0.355 e. The molecular formula is C15H17N3O4. The Kier molecular flexibility index (Phi) is 4.77. The predicted molar refractivity (Wildman–Crippen MR) is 80.3 cm³/mol. The molecule has 2 rings (SSSR count). The lowest BCUT2D eigenvalue weighted by Crippen LogP contribution is -2.38. The fourth-order valence-corrected chi connectivity index (χ4v) is 1.78. The van der Waals surface area contributed by atoms with Crippen LogP contribution in [0.3, 0.4) is 0 Å². The normalized spacial score (nSPS) is 10.3. The minimum atomic E-state index is -0.620. The van der Waals surface area contributed by atoms with Crippen LogP contribution < -0.4 is 5.32 Å². The van der Waals surface area contributed by atoms with Crippen LogP contribution >= 0.6 is 0 Å². The number of esters is 1. The molecule has 0 bridgehead atoms. The fraction of sp³-hybridized carbons (Fsp3) is 0.267. The number of aromatic amines is 1. The second-order valence-corrected chi connectivity index (χ2v) is 4.91. The van der Waals surface area contributed by atoms with Gasteiger partial charge < -0.3 is 19.9 Å². The molecular weight excluding hydrogens is 286 g/mol. The van der Waals surface area contributed by atoms with Crippen molar-refractivity contribution < 1.29 is 19.1 Å². The third kappa shape index (κ3) is 3.85. The molecule has 2 amide bonds. The van der Waals surface area contributed by atoms with Gasteiger partial charge in [0.2, 0.25) is 5.91 Å². The van der Waals surface area contributed by atoms with Crippen molar-refractivity contribution in [2.45, 2.75) is 0 Å². The van der Waals surface area contributed by atoms with Crippen LogP contribution in [0.25, 0.3) is 10.9 Å². The van der Waals surface area contributed by atoms with Gasteiger partial charge >= 0.3 is 5.97 Å². The van der Waals surface area contributed by atoms with Gasteiger partial charge in [0.05, 0.1) is 6.54 Å². The minimum Gasteiger partial charge on any atom is -0.451 e. The molecule has 0 radical (unpaired) electrons. The molecule has 0 atom stereocenters. The molecule has 22 heavy (non-hydrogen) atoms. The molecule has 0 spiro atoms. The summed E-state index contributed by atoms with van der Waals surface area (Å²) < 4.78 is 4.91. The Morgan fingerprint density at radius 1 is 1.23 bits per heavy atom. The van der Waals surface area contributed by atoms with Crippen molar-refractivity contribution >= 4 is 28.7 Å². The van der Waals surface area contributed by atoms with Gasteiger partial charge in [-0.25, -0.2) is 4.79 Å². The Balaban J connectivity index is 1.84. The largest absolute Gasteiger partial charge is 0.451 e. The number of amides is 2. The number of carbonyl (C=O) groups excluding carboxylic acids is 3. The van der Waals surface area contributed by atoms with Crippen molar-refractivity contribution in [3.8, 4) is 0 Å². The van der Waals surface area contributed by atoms with Gasteiger partial charge in [0, 0.05) is 25.0 Å². The zero-order chi connectivity index (χ0) is 16.1. The highest BCUT2D eigenvalue weighted by atomic mass is 16.5. The van der Waals surface area contributed by atoms with Crippen LogP contribution in [0.2, 0.25) is 0 Å². The number of para-hydroxylation sites is 1. The molecule has 1 heterocycles. The molecule has 1 aromatic carbocycles. The lowest BCUT2D eigenvalue weighted by Gasteiger charge is -2.10. The van der Waals surface area contributed by atoms with Gasteiger partial charge in [-0.2, -0.15) is 0 Å². The number of hydrogen-bond acceptors (Lipinski definition) is 4. The van der Waals surface area contributed by atoms with Gasteiger partial charge in [-0.3, -0.25) is 9.59 Å². The number of fused-ring (bicyclic) bond motifs is 1. The van der Waals surface area contributed by atoms with E-state index in [1.807, 2.05) is 24.3 Å². The van der Waals surface area contributed by atoms with Gasteiger partial charge in [0.1, 0.15) is 5.69 Å². The molecule has 7 heteroatoms. The first-order valence-electron chi connectivity index (χ1n) is 6.69. The number of benzene rings is 1. The fourth-order valence-electron chi connectivity index (χ4n) is 1.78. The average Bonchev–Trinajstić information content (AvgIpc) is 2.94. The summed E-state index contributed by atoms with van der Waals surface area (Å²) in [5, 5.41) is 3.26. The van der Waals surface area contributed by atoms with E-state index in [0.717, 1.165) is 10.9 Å². The smallest absolute Gasteiger partial charge is 0.355 e. The number of likely N-dealkylation sites (N-methyl/N-ethyl adjacent to an activating group) is 1. The Morgan fingerprint density at radius 3 is 2.64 bits per heavy atom. The maximum absolute atomic E-state index is 11.9. The molecule has 0 saturated carbocycles. The molecule has 2 N–H and O–H groups in total. The SMILES string of the molecule is CN(C)C(=O)CNC(=O)COC(=O)c1cc2ccccc2[nH]1. The first kappa shape index (κ1) is 15.6. The molecule has 0 aliphatic rings. The number of rotatable bonds is 5.